The van der Waals surface area contributed by atoms with Gasteiger partial charge in [0.2, 0.25) is 11.8 Å². The van der Waals surface area contributed by atoms with E-state index in [2.05, 4.69) is 10.6 Å². The first kappa shape index (κ1) is 22.6. The van der Waals surface area contributed by atoms with E-state index in [1.165, 1.54) is 31.2 Å². The van der Waals surface area contributed by atoms with Crippen molar-refractivity contribution in [3.05, 3.63) is 57.8 Å². The molecule has 0 saturated heterocycles. The van der Waals surface area contributed by atoms with Gasteiger partial charge in [0, 0.05) is 16.0 Å². The molecule has 0 radical (unpaired) electrons. The van der Waals surface area contributed by atoms with Crippen LogP contribution in [0.25, 0.3) is 0 Å². The Balaban J connectivity index is 1.79. The number of rotatable bonds is 5. The van der Waals surface area contributed by atoms with Crippen molar-refractivity contribution in [2.24, 2.45) is 11.8 Å². The fourth-order valence-corrected chi connectivity index (χ4v) is 4.43. The summed E-state index contributed by atoms with van der Waals surface area (Å²) >= 11 is 24.6. The average Bonchev–Trinajstić information content (AvgIpc) is 3.25. The van der Waals surface area contributed by atoms with Crippen molar-refractivity contribution in [3.8, 4) is 6.07 Å². The lowest BCUT2D eigenvalue weighted by atomic mass is 10.1. The van der Waals surface area contributed by atoms with Crippen LogP contribution in [0.1, 0.15) is 18.4 Å². The molecule has 30 heavy (non-hydrogen) atoms. The molecule has 2 aromatic carbocycles. The fourth-order valence-electron chi connectivity index (χ4n) is 3.06. The van der Waals surface area contributed by atoms with Crippen LogP contribution in [-0.2, 0) is 9.59 Å². The second-order valence-corrected chi connectivity index (χ2v) is 9.15. The largest absolute Gasteiger partial charge is 0.323 e. The zero-order chi connectivity index (χ0) is 22.2. The minimum Gasteiger partial charge on any atom is -0.323 e. The lowest BCUT2D eigenvalue weighted by Gasteiger charge is -2.11. The third-order valence-electron chi connectivity index (χ3n) is 4.68. The maximum absolute atomic E-state index is 14.7. The third-order valence-corrected chi connectivity index (χ3v) is 6.06. The van der Waals surface area contributed by atoms with E-state index in [1.807, 2.05) is 0 Å². The Morgan fingerprint density at radius 1 is 1.13 bits per heavy atom. The van der Waals surface area contributed by atoms with Crippen LogP contribution in [-0.4, -0.2) is 16.1 Å². The summed E-state index contributed by atoms with van der Waals surface area (Å²) in [4.78, 5) is 24.6. The predicted molar refractivity (Wildman–Crippen MR) is 116 cm³/mol. The highest BCUT2D eigenvalue weighted by atomic mass is 35.5. The second-order valence-electron chi connectivity index (χ2n) is 6.83. The molecule has 5 nitrogen and oxygen atoms in total. The van der Waals surface area contributed by atoms with Crippen molar-refractivity contribution in [1.29, 1.82) is 5.26 Å². The molecule has 0 bridgehead atoms. The second kappa shape index (κ2) is 8.60. The molecule has 2 amide bonds. The summed E-state index contributed by atoms with van der Waals surface area (Å²) in [7, 11) is 0. The highest BCUT2D eigenvalue weighted by Crippen LogP contribution is 2.65. The summed E-state index contributed by atoms with van der Waals surface area (Å²) in [5, 5.41) is 14.3. The van der Waals surface area contributed by atoms with Crippen molar-refractivity contribution in [2.45, 2.75) is 17.2 Å². The number of amides is 2. The first-order chi connectivity index (χ1) is 14.1. The Morgan fingerprint density at radius 2 is 1.70 bits per heavy atom. The quantitative estimate of drug-likeness (QED) is 0.525. The van der Waals surface area contributed by atoms with Gasteiger partial charge in [0.05, 0.1) is 23.4 Å². The normalized spacial score (nSPS) is 20.0. The summed E-state index contributed by atoms with van der Waals surface area (Å²) < 4.78 is 13.3. The monoisotopic (exact) mass is 487 g/mol. The number of hydrogen-bond acceptors (Lipinski definition) is 3. The van der Waals surface area contributed by atoms with Crippen LogP contribution in [0.5, 0.6) is 0 Å². The van der Waals surface area contributed by atoms with Crippen LogP contribution >= 0.6 is 46.4 Å². The van der Waals surface area contributed by atoms with Gasteiger partial charge in [0.1, 0.15) is 10.3 Å². The summed E-state index contributed by atoms with van der Waals surface area (Å²) in [5.41, 5.74) is 0.253. The molecule has 3 rings (SSSR count). The van der Waals surface area contributed by atoms with Crippen LogP contribution in [0.3, 0.4) is 0 Å². The summed E-state index contributed by atoms with van der Waals surface area (Å²) in [6.07, 6.45) is 0. The van der Waals surface area contributed by atoms with E-state index in [1.54, 1.807) is 18.2 Å². The number of nitrogens with one attached hydrogen (secondary N) is 2. The molecule has 1 unspecified atom stereocenters. The van der Waals surface area contributed by atoms with Gasteiger partial charge in [-0.3, -0.25) is 9.59 Å². The molecule has 0 heterocycles. The van der Waals surface area contributed by atoms with Gasteiger partial charge in [-0.05, 0) is 42.8 Å². The molecule has 10 heteroatoms. The predicted octanol–water partition coefficient (Wildman–Crippen LogP) is 5.76. The maximum atomic E-state index is 14.7. The Kier molecular flexibility index (Phi) is 6.49. The SMILES string of the molecule is CC(C#N)C(=O)Nc1cccc(NC(=O)[C@H]2[C@H](c3cc(Cl)cc(Cl)c3)C2(Cl)Cl)c1F. The van der Waals surface area contributed by atoms with Crippen LogP contribution in [0.15, 0.2) is 36.4 Å². The molecule has 0 spiro atoms. The minimum absolute atomic E-state index is 0.165. The van der Waals surface area contributed by atoms with Gasteiger partial charge in [0.15, 0.2) is 5.82 Å². The highest BCUT2D eigenvalue weighted by molar-refractivity contribution is 6.53. The number of halogens is 5. The van der Waals surface area contributed by atoms with Crippen molar-refractivity contribution >= 4 is 69.6 Å². The van der Waals surface area contributed by atoms with Gasteiger partial charge < -0.3 is 10.6 Å². The van der Waals surface area contributed by atoms with Crippen LogP contribution in [0.4, 0.5) is 15.8 Å². The molecule has 1 saturated carbocycles. The molecular formula is C20H14Cl4FN3O2. The lowest BCUT2D eigenvalue weighted by Crippen LogP contribution is -2.21. The number of anilines is 2. The standard InChI is InChI=1S/C20H14Cl4FN3O2/c1-9(8-26)18(29)27-13-3-2-4-14(17(13)25)28-19(30)16-15(20(16,23)24)10-5-11(21)7-12(22)6-10/h2-7,9,15-16H,1H3,(H,27,29)(H,28,30)/t9?,15-,16+/m0/s1. The van der Waals surface area contributed by atoms with Gasteiger partial charge in [-0.1, -0.05) is 29.3 Å². The van der Waals surface area contributed by atoms with E-state index in [9.17, 15) is 14.0 Å². The molecule has 2 aromatic rings. The first-order valence-corrected chi connectivity index (χ1v) is 10.2. The van der Waals surface area contributed by atoms with E-state index >= 15 is 0 Å². The number of alkyl halides is 2. The van der Waals surface area contributed by atoms with Gasteiger partial charge in [-0.2, -0.15) is 5.26 Å². The number of nitriles is 1. The molecule has 0 aliphatic heterocycles. The van der Waals surface area contributed by atoms with Crippen molar-refractivity contribution in [1.82, 2.24) is 0 Å². The summed E-state index contributed by atoms with van der Waals surface area (Å²) in [5.74, 6) is -4.55. The van der Waals surface area contributed by atoms with E-state index < -0.39 is 39.7 Å². The fraction of sp³-hybridized carbons (Fsp3) is 0.250. The average molecular weight is 489 g/mol. The molecule has 2 N–H and O–H groups in total. The number of benzene rings is 2. The van der Waals surface area contributed by atoms with Gasteiger partial charge in [-0.25, -0.2) is 4.39 Å². The van der Waals surface area contributed by atoms with E-state index in [-0.39, 0.29) is 11.4 Å². The summed E-state index contributed by atoms with van der Waals surface area (Å²) in [6, 6.07) is 10.6. The van der Waals surface area contributed by atoms with E-state index in [0.29, 0.717) is 15.6 Å². The Labute approximate surface area is 192 Å². The Hall–Kier alpha value is -2.04. The Bertz CT molecular complexity index is 1050. The van der Waals surface area contributed by atoms with Crippen molar-refractivity contribution in [3.63, 3.8) is 0 Å². The zero-order valence-corrected chi connectivity index (χ0v) is 18.4. The van der Waals surface area contributed by atoms with Gasteiger partial charge in [0.25, 0.3) is 0 Å². The highest BCUT2D eigenvalue weighted by Gasteiger charge is 2.67. The van der Waals surface area contributed by atoms with Gasteiger partial charge >= 0.3 is 0 Å². The molecule has 1 fully saturated rings. The van der Waals surface area contributed by atoms with Crippen molar-refractivity contribution in [2.75, 3.05) is 10.6 Å². The van der Waals surface area contributed by atoms with Crippen LogP contribution < -0.4 is 10.6 Å². The van der Waals surface area contributed by atoms with E-state index in [0.717, 1.165) is 0 Å². The van der Waals surface area contributed by atoms with Crippen molar-refractivity contribution < 1.29 is 14.0 Å². The molecule has 156 valence electrons. The lowest BCUT2D eigenvalue weighted by molar-refractivity contribution is -0.118. The maximum Gasteiger partial charge on any atom is 0.241 e. The molecule has 3 atom stereocenters. The van der Waals surface area contributed by atoms with E-state index in [4.69, 9.17) is 51.7 Å². The first-order valence-electron chi connectivity index (χ1n) is 8.70. The van der Waals surface area contributed by atoms with Crippen LogP contribution in [0, 0.1) is 29.0 Å². The summed E-state index contributed by atoms with van der Waals surface area (Å²) in [6.45, 7) is 1.38. The number of nitrogens with zero attached hydrogens (tertiary/aromatic N) is 1. The molecular weight excluding hydrogens is 475 g/mol. The topological polar surface area (TPSA) is 82.0 Å². The smallest absolute Gasteiger partial charge is 0.241 e. The van der Waals surface area contributed by atoms with Crippen LogP contribution in [0.2, 0.25) is 10.0 Å². The number of carbonyl (C=O) groups excluding carboxylic acids is 2. The molecule has 1 aliphatic carbocycles. The number of carbonyl (C=O) groups is 2. The zero-order valence-electron chi connectivity index (χ0n) is 15.3. The minimum atomic E-state index is -1.41. The number of hydrogen-bond donors (Lipinski definition) is 2. The van der Waals surface area contributed by atoms with Gasteiger partial charge in [-0.15, -0.1) is 23.2 Å². The molecule has 1 aliphatic rings. The Morgan fingerprint density at radius 3 is 2.27 bits per heavy atom. The molecule has 0 aromatic heterocycles. The third kappa shape index (κ3) is 4.50.